The number of alkyl halides is 3. The molecule has 186 valence electrons. The van der Waals surface area contributed by atoms with E-state index in [9.17, 15) is 22.8 Å². The molecule has 13 heteroatoms. The highest BCUT2D eigenvalue weighted by molar-refractivity contribution is 5.97. The first kappa shape index (κ1) is 26.5. The molecule has 6 N–H and O–H groups in total. The summed E-state index contributed by atoms with van der Waals surface area (Å²) >= 11 is 0. The number of aromatic nitrogens is 2. The zero-order chi connectivity index (χ0) is 25.3. The zero-order valence-corrected chi connectivity index (χ0v) is 19.0. The molecule has 0 aliphatic rings. The fraction of sp³-hybridized carbons (Fsp3) is 0.429. The summed E-state index contributed by atoms with van der Waals surface area (Å²) in [5, 5.41) is 11.0. The summed E-state index contributed by atoms with van der Waals surface area (Å²) < 4.78 is 44.6. The van der Waals surface area contributed by atoms with Crippen LogP contribution in [0.3, 0.4) is 0 Å². The van der Waals surface area contributed by atoms with Crippen molar-refractivity contribution in [2.45, 2.75) is 38.9 Å². The number of rotatable bonds is 11. The molecule has 0 aliphatic carbocycles. The van der Waals surface area contributed by atoms with Gasteiger partial charge in [-0.25, -0.2) is 0 Å². The van der Waals surface area contributed by atoms with Gasteiger partial charge >= 0.3 is 6.18 Å². The first-order valence-corrected chi connectivity index (χ1v) is 10.5. The molecule has 0 bridgehead atoms. The molecular formula is C21H28F3N7O3. The molecule has 10 nitrogen and oxygen atoms in total. The normalized spacial score (nSPS) is 11.9. The molecule has 0 fully saturated rings. The predicted molar refractivity (Wildman–Crippen MR) is 123 cm³/mol. The van der Waals surface area contributed by atoms with Gasteiger partial charge in [-0.1, -0.05) is 6.07 Å². The summed E-state index contributed by atoms with van der Waals surface area (Å²) in [5.41, 5.74) is 5.23. The van der Waals surface area contributed by atoms with Crippen LogP contribution in [0.15, 0.2) is 24.3 Å². The van der Waals surface area contributed by atoms with E-state index in [1.165, 1.54) is 19.1 Å². The standard InChI is InChI=1S/C21H28F3N7O3/c1-4-34-19-16(26-3)17(30-20(25)31-19)29-15(9-6-10-27-12(2)32)18(33)28-14-8-5-7-13(11-14)21(22,23)24/h5,7-8,11,15,26H,4,6,9-10H2,1-3H3,(H,27,32)(H,28,33)(H3,25,29,30,31)/t15-/m0/s1. The number of benzene rings is 1. The number of ether oxygens (including phenoxy) is 1. The third kappa shape index (κ3) is 7.67. The smallest absolute Gasteiger partial charge is 0.416 e. The van der Waals surface area contributed by atoms with E-state index >= 15 is 0 Å². The Labute approximate surface area is 194 Å². The van der Waals surface area contributed by atoms with Crippen LogP contribution in [0, 0.1) is 0 Å². The van der Waals surface area contributed by atoms with E-state index in [1.54, 1.807) is 14.0 Å². The molecule has 1 aromatic heterocycles. The minimum Gasteiger partial charge on any atom is -0.476 e. The second kappa shape index (κ2) is 11.9. The fourth-order valence-corrected chi connectivity index (χ4v) is 3.03. The van der Waals surface area contributed by atoms with Crippen LogP contribution in [0.4, 0.5) is 36.3 Å². The van der Waals surface area contributed by atoms with Crippen molar-refractivity contribution < 1.29 is 27.5 Å². The van der Waals surface area contributed by atoms with Crippen LogP contribution in [0.5, 0.6) is 5.88 Å². The van der Waals surface area contributed by atoms with Crippen LogP contribution in [-0.4, -0.2) is 48.0 Å². The Hall–Kier alpha value is -3.77. The Kier molecular flexibility index (Phi) is 9.27. The molecule has 1 atom stereocenters. The summed E-state index contributed by atoms with van der Waals surface area (Å²) in [6, 6.07) is 3.39. The highest BCUT2D eigenvalue weighted by Crippen LogP contribution is 2.32. The van der Waals surface area contributed by atoms with Gasteiger partial charge < -0.3 is 31.7 Å². The number of halogens is 3. The number of hydrogen-bond acceptors (Lipinski definition) is 8. The molecule has 2 rings (SSSR count). The third-order valence-electron chi connectivity index (χ3n) is 4.55. The van der Waals surface area contributed by atoms with Crippen molar-refractivity contribution in [1.82, 2.24) is 15.3 Å². The molecule has 0 saturated carbocycles. The van der Waals surface area contributed by atoms with E-state index < -0.39 is 23.7 Å². The lowest BCUT2D eigenvalue weighted by molar-refractivity contribution is -0.137. The zero-order valence-electron chi connectivity index (χ0n) is 19.0. The van der Waals surface area contributed by atoms with Crippen molar-refractivity contribution in [2.75, 3.05) is 41.9 Å². The van der Waals surface area contributed by atoms with Crippen molar-refractivity contribution in [3.63, 3.8) is 0 Å². The van der Waals surface area contributed by atoms with E-state index in [-0.39, 0.29) is 35.7 Å². The second-order valence-corrected chi connectivity index (χ2v) is 7.18. The van der Waals surface area contributed by atoms with Gasteiger partial charge in [0.2, 0.25) is 23.6 Å². The molecule has 1 aromatic carbocycles. The van der Waals surface area contributed by atoms with Crippen LogP contribution in [-0.2, 0) is 15.8 Å². The quantitative estimate of drug-likeness (QED) is 0.307. The number of hydrogen-bond donors (Lipinski definition) is 5. The Morgan fingerprint density at radius 2 is 1.97 bits per heavy atom. The average molecular weight is 483 g/mol. The SMILES string of the molecule is CCOc1nc(N)nc(N[C@@H](CCCNC(C)=O)C(=O)Nc2cccc(C(F)(F)F)c2)c1NC. The number of nitrogen functional groups attached to an aromatic ring is 1. The summed E-state index contributed by atoms with van der Waals surface area (Å²) in [4.78, 5) is 32.3. The maximum absolute atomic E-state index is 13.0. The third-order valence-corrected chi connectivity index (χ3v) is 4.55. The van der Waals surface area contributed by atoms with Crippen molar-refractivity contribution >= 4 is 35.0 Å². The van der Waals surface area contributed by atoms with Crippen molar-refractivity contribution in [1.29, 1.82) is 0 Å². The van der Waals surface area contributed by atoms with Gasteiger partial charge in [-0.3, -0.25) is 9.59 Å². The van der Waals surface area contributed by atoms with Crippen LogP contribution in [0.2, 0.25) is 0 Å². The van der Waals surface area contributed by atoms with Crippen molar-refractivity contribution in [3.8, 4) is 5.88 Å². The van der Waals surface area contributed by atoms with Crippen molar-refractivity contribution in [3.05, 3.63) is 29.8 Å². The van der Waals surface area contributed by atoms with E-state index in [1.807, 2.05) is 0 Å². The van der Waals surface area contributed by atoms with Gasteiger partial charge in [-0.05, 0) is 38.0 Å². The largest absolute Gasteiger partial charge is 0.476 e. The average Bonchev–Trinajstić information content (AvgIpc) is 2.75. The molecule has 2 amide bonds. The van der Waals surface area contributed by atoms with Crippen LogP contribution < -0.4 is 31.7 Å². The molecule has 0 aliphatic heterocycles. The monoisotopic (exact) mass is 483 g/mol. The number of anilines is 4. The van der Waals surface area contributed by atoms with Gasteiger partial charge in [0.05, 0.1) is 12.2 Å². The van der Waals surface area contributed by atoms with Crippen LogP contribution in [0.1, 0.15) is 32.3 Å². The van der Waals surface area contributed by atoms with E-state index in [2.05, 4.69) is 31.2 Å². The molecule has 34 heavy (non-hydrogen) atoms. The summed E-state index contributed by atoms with van der Waals surface area (Å²) in [5.74, 6) is -0.558. The van der Waals surface area contributed by atoms with E-state index in [0.29, 0.717) is 25.3 Å². The predicted octanol–water partition coefficient (Wildman–Crippen LogP) is 2.85. The number of nitrogens with zero attached hydrogens (tertiary/aromatic N) is 2. The topological polar surface area (TPSA) is 143 Å². The number of nitrogens with one attached hydrogen (secondary N) is 4. The van der Waals surface area contributed by atoms with Gasteiger partial charge in [-0.15, -0.1) is 0 Å². The molecule has 0 unspecified atom stereocenters. The highest BCUT2D eigenvalue weighted by atomic mass is 19.4. The van der Waals surface area contributed by atoms with Crippen LogP contribution in [0.25, 0.3) is 0 Å². The molecule has 2 aromatic rings. The van der Waals surface area contributed by atoms with Gasteiger partial charge in [0.25, 0.3) is 0 Å². The minimum absolute atomic E-state index is 0.0143. The summed E-state index contributed by atoms with van der Waals surface area (Å²) in [6.07, 6.45) is -3.92. The Morgan fingerprint density at radius 3 is 2.59 bits per heavy atom. The number of nitrogens with two attached hydrogens (primary N) is 1. The molecule has 0 spiro atoms. The molecule has 0 saturated heterocycles. The lowest BCUT2D eigenvalue weighted by Gasteiger charge is -2.22. The lowest BCUT2D eigenvalue weighted by atomic mass is 10.1. The van der Waals surface area contributed by atoms with E-state index in [0.717, 1.165) is 12.1 Å². The molecule has 1 heterocycles. The van der Waals surface area contributed by atoms with Gasteiger partial charge in [0, 0.05) is 26.2 Å². The molecule has 0 radical (unpaired) electrons. The molecular weight excluding hydrogens is 455 g/mol. The highest BCUT2D eigenvalue weighted by Gasteiger charge is 2.31. The number of carbonyl (C=O) groups is 2. The summed E-state index contributed by atoms with van der Waals surface area (Å²) in [6.45, 7) is 3.74. The second-order valence-electron chi connectivity index (χ2n) is 7.18. The first-order valence-electron chi connectivity index (χ1n) is 10.5. The number of amides is 2. The summed E-state index contributed by atoms with van der Waals surface area (Å²) in [7, 11) is 1.61. The fourth-order valence-electron chi connectivity index (χ4n) is 3.03. The first-order chi connectivity index (χ1) is 16.0. The van der Waals surface area contributed by atoms with Crippen LogP contribution >= 0.6 is 0 Å². The maximum atomic E-state index is 13.0. The Balaban J connectivity index is 2.29. The van der Waals surface area contributed by atoms with Gasteiger partial charge in [0.15, 0.2) is 5.82 Å². The maximum Gasteiger partial charge on any atom is 0.416 e. The van der Waals surface area contributed by atoms with Crippen molar-refractivity contribution in [2.24, 2.45) is 0 Å². The number of carbonyl (C=O) groups excluding carboxylic acids is 2. The Bertz CT molecular complexity index is 1000. The minimum atomic E-state index is -4.55. The van der Waals surface area contributed by atoms with Gasteiger partial charge in [-0.2, -0.15) is 23.1 Å². The van der Waals surface area contributed by atoms with Gasteiger partial charge in [0.1, 0.15) is 11.7 Å². The van der Waals surface area contributed by atoms with E-state index in [4.69, 9.17) is 10.5 Å². The lowest BCUT2D eigenvalue weighted by Crippen LogP contribution is -2.36. The Morgan fingerprint density at radius 1 is 1.24 bits per heavy atom.